The molecule has 3 aromatic heterocycles. The Labute approximate surface area is 425 Å². The van der Waals surface area contributed by atoms with Gasteiger partial charge in [-0.25, -0.2) is 0 Å². The summed E-state index contributed by atoms with van der Waals surface area (Å²) in [5.41, 5.74) is 7.78. The number of fused-ring (bicyclic) bond motifs is 3. The molecule has 0 aliphatic heterocycles. The van der Waals surface area contributed by atoms with E-state index in [0.717, 1.165) is 66.3 Å². The van der Waals surface area contributed by atoms with Gasteiger partial charge in [-0.3, -0.25) is 0 Å². The molecular weight excluding hydrogens is 1000 g/mol. The third-order valence-corrected chi connectivity index (χ3v) is 12.8. The van der Waals surface area contributed by atoms with Crippen molar-refractivity contribution in [2.24, 2.45) is 0 Å². The first-order chi connectivity index (χ1) is 35.3. The van der Waals surface area contributed by atoms with Crippen LogP contribution in [0.4, 0.5) is 0 Å². The summed E-state index contributed by atoms with van der Waals surface area (Å²) in [4.78, 5) is 14.5. The third kappa shape index (κ3) is 9.90. The second-order valence-electron chi connectivity index (χ2n) is 18.6. The van der Waals surface area contributed by atoms with Gasteiger partial charge in [-0.05, 0) is 121 Å². The van der Waals surface area contributed by atoms with Gasteiger partial charge in [-0.1, -0.05) is 148 Å². The van der Waals surface area contributed by atoms with Gasteiger partial charge in [-0.2, -0.15) is 0 Å². The van der Waals surface area contributed by atoms with Crippen molar-refractivity contribution in [2.75, 3.05) is 0 Å². The van der Waals surface area contributed by atoms with Gasteiger partial charge in [0.2, 0.25) is 0 Å². The van der Waals surface area contributed by atoms with Crippen LogP contribution in [0.15, 0.2) is 188 Å². The number of aromatic nitrogens is 3. The van der Waals surface area contributed by atoms with Crippen LogP contribution in [0, 0.1) is 25.1 Å². The molecule has 3 heterocycles. The van der Waals surface area contributed by atoms with E-state index in [1.165, 1.54) is 12.3 Å². The number of pyridine rings is 3. The summed E-state index contributed by atoms with van der Waals surface area (Å²) in [6, 6.07) is 63.4. The summed E-state index contributed by atoms with van der Waals surface area (Å²) in [6.07, 6.45) is 0.682. The zero-order chi connectivity index (χ0) is 52.0. The molecular formula is C64H54IrN3. The number of rotatable bonds is 13. The first-order valence-electron chi connectivity index (χ1n) is 26.2. The molecule has 0 bridgehead atoms. The van der Waals surface area contributed by atoms with Crippen LogP contribution < -0.4 is 0 Å². The van der Waals surface area contributed by atoms with Gasteiger partial charge in [-0.15, -0.1) is 95.6 Å². The van der Waals surface area contributed by atoms with Crippen LogP contribution in [0.1, 0.15) is 76.2 Å². The monoisotopic (exact) mass is 1060 g/mol. The molecule has 0 fully saturated rings. The first-order valence-corrected chi connectivity index (χ1v) is 22.7. The Bertz CT molecular complexity index is 3540. The summed E-state index contributed by atoms with van der Waals surface area (Å²) in [6.45, 7) is 5.98. The largest absolute Gasteiger partial charge is 3.00 e. The summed E-state index contributed by atoms with van der Waals surface area (Å²) in [5.74, 6) is 0. The van der Waals surface area contributed by atoms with Crippen molar-refractivity contribution in [3.63, 3.8) is 0 Å². The maximum Gasteiger partial charge on any atom is 3.00 e. The van der Waals surface area contributed by atoms with Gasteiger partial charge in [0.1, 0.15) is 0 Å². The Balaban J connectivity index is 0.00000689. The minimum absolute atomic E-state index is 0. The molecule has 0 amide bonds. The normalized spacial score (nSPS) is 13.9. The number of hydrogen-bond acceptors (Lipinski definition) is 3. The van der Waals surface area contributed by atoms with Crippen LogP contribution in [-0.2, 0) is 56.5 Å². The van der Waals surface area contributed by atoms with E-state index in [1.54, 1.807) is 36.4 Å². The molecule has 0 aliphatic carbocycles. The van der Waals surface area contributed by atoms with Gasteiger partial charge in [0, 0.05) is 28.2 Å². The summed E-state index contributed by atoms with van der Waals surface area (Å²) in [5, 5.41) is 3.98. The maximum atomic E-state index is 10.1. The molecule has 0 radical (unpaired) electrons. The van der Waals surface area contributed by atoms with Gasteiger partial charge in [0.25, 0.3) is 0 Å². The molecule has 10 rings (SSSR count). The van der Waals surface area contributed by atoms with Crippen molar-refractivity contribution in [3.8, 4) is 44.9 Å². The van der Waals surface area contributed by atoms with Gasteiger partial charge >= 0.3 is 20.1 Å². The Kier molecular flexibility index (Phi) is 11.1. The van der Waals surface area contributed by atoms with E-state index in [-0.39, 0.29) is 47.9 Å². The second-order valence-corrected chi connectivity index (χ2v) is 18.6. The number of hydrogen-bond donors (Lipinski definition) is 0. The first kappa shape index (κ1) is 38.2. The molecule has 10 aromatic rings. The maximum absolute atomic E-state index is 10.1. The van der Waals surface area contributed by atoms with Crippen LogP contribution in [0.5, 0.6) is 0 Å². The molecule has 334 valence electrons. The SMILES string of the molecule is [2H]C([2H])([2H])c1ccccc1-c1cc(-c2[c-]ccc3c2ccc2ccccc23)ncc1C([2H])([2H])C([2H])([2H])c1cc(CC(C)(C)c2ccc(-c3[c-]cccc3)nc2)cc(CC(C)(C)c2ccc(-c3[c-]cccc3)nc2)c1.[Ir+3]. The third-order valence-electron chi connectivity index (χ3n) is 12.8. The molecule has 4 heteroatoms. The van der Waals surface area contributed by atoms with Gasteiger partial charge in [0.05, 0.1) is 0 Å². The van der Waals surface area contributed by atoms with Crippen molar-refractivity contribution >= 4 is 21.5 Å². The predicted octanol–water partition coefficient (Wildman–Crippen LogP) is 15.4. The summed E-state index contributed by atoms with van der Waals surface area (Å²) in [7, 11) is 0. The molecule has 0 spiro atoms. The van der Waals surface area contributed by atoms with E-state index < -0.39 is 30.4 Å². The minimum Gasteiger partial charge on any atom is -0.304 e. The van der Waals surface area contributed by atoms with Crippen LogP contribution in [0.3, 0.4) is 0 Å². The zero-order valence-electron chi connectivity index (χ0n) is 45.5. The molecule has 0 unspecified atom stereocenters. The summed E-state index contributed by atoms with van der Waals surface area (Å²) < 4.78 is 66.0. The molecule has 0 atom stereocenters. The molecule has 0 saturated carbocycles. The summed E-state index contributed by atoms with van der Waals surface area (Å²) >= 11 is 0. The zero-order valence-corrected chi connectivity index (χ0v) is 40.9. The van der Waals surface area contributed by atoms with Crippen molar-refractivity contribution < 1.29 is 29.7 Å². The quantitative estimate of drug-likeness (QED) is 0.0853. The Morgan fingerprint density at radius 3 is 1.71 bits per heavy atom. The number of benzene rings is 7. The number of aryl methyl sites for hydroxylation is 3. The molecule has 3 nitrogen and oxygen atoms in total. The second kappa shape index (κ2) is 19.8. The van der Waals surface area contributed by atoms with Crippen molar-refractivity contribution in [1.82, 2.24) is 15.0 Å². The molecule has 0 aliphatic rings. The van der Waals surface area contributed by atoms with Crippen molar-refractivity contribution in [1.29, 1.82) is 0 Å². The Morgan fingerprint density at radius 1 is 0.485 bits per heavy atom. The standard InChI is InChI=1S/C64H54N3.Ir/c1-44-17-12-14-23-54(44)59-38-62(58-26-16-25-56-55-24-15-13-18-48(55)29-32-57(56)58)65-41-51(59)28-27-45-35-46(39-63(2,3)52-30-33-60(66-42-52)49-19-8-6-9-20-49)37-47(36-45)40-64(4,5)53-31-34-61(67-43-53)50-21-10-7-11-22-50;/h6-19,21,23-25,29-38,41-43H,27-28,39-40H2,1-5H3;/q-3;+3/i1D3,27D2,28D2;. The van der Waals surface area contributed by atoms with E-state index in [1.807, 2.05) is 109 Å². The average Bonchev–Trinajstić information content (AvgIpc) is 3.41. The van der Waals surface area contributed by atoms with Gasteiger partial charge < -0.3 is 15.0 Å². The van der Waals surface area contributed by atoms with Crippen LogP contribution in [-0.4, -0.2) is 15.0 Å². The molecule has 0 saturated heterocycles. The van der Waals surface area contributed by atoms with E-state index in [9.17, 15) is 5.48 Å². The van der Waals surface area contributed by atoms with E-state index in [4.69, 9.17) is 19.1 Å². The molecule has 7 aromatic carbocycles. The van der Waals surface area contributed by atoms with E-state index in [2.05, 4.69) is 76.2 Å². The van der Waals surface area contributed by atoms with Crippen LogP contribution in [0.2, 0.25) is 0 Å². The van der Waals surface area contributed by atoms with Crippen LogP contribution >= 0.6 is 0 Å². The van der Waals surface area contributed by atoms with E-state index >= 15 is 0 Å². The fraction of sp³-hybridized carbons (Fsp3) is 0.172. The van der Waals surface area contributed by atoms with E-state index in [0.29, 0.717) is 24.1 Å². The minimum atomic E-state index is -2.77. The predicted molar refractivity (Wildman–Crippen MR) is 278 cm³/mol. The molecule has 68 heavy (non-hydrogen) atoms. The smallest absolute Gasteiger partial charge is 0.304 e. The number of nitrogens with zero attached hydrogens (tertiary/aromatic N) is 3. The average molecular weight is 1060 g/mol. The Morgan fingerprint density at radius 2 is 1.09 bits per heavy atom. The van der Waals surface area contributed by atoms with Crippen molar-refractivity contribution in [3.05, 3.63) is 246 Å². The topological polar surface area (TPSA) is 38.7 Å². The van der Waals surface area contributed by atoms with Crippen LogP contribution in [0.25, 0.3) is 66.4 Å². The van der Waals surface area contributed by atoms with Gasteiger partial charge in [0.15, 0.2) is 0 Å². The fourth-order valence-electron chi connectivity index (χ4n) is 9.24. The van der Waals surface area contributed by atoms with Crippen molar-refractivity contribution in [2.45, 2.75) is 71.0 Å². The molecule has 0 N–H and O–H groups in total. The fourth-order valence-corrected chi connectivity index (χ4v) is 9.24. The Hall–Kier alpha value is -6.84.